The number of benzene rings is 2. The average molecular weight is 360 g/mol. The van der Waals surface area contributed by atoms with E-state index >= 15 is 0 Å². The highest BCUT2D eigenvalue weighted by molar-refractivity contribution is 6.02. The van der Waals surface area contributed by atoms with Gasteiger partial charge in [0.05, 0.1) is 5.56 Å². The van der Waals surface area contributed by atoms with Gasteiger partial charge >= 0.3 is 6.18 Å². The number of oxazole rings is 1. The van der Waals surface area contributed by atoms with Crippen molar-refractivity contribution in [1.82, 2.24) is 4.98 Å². The Morgan fingerprint density at radius 3 is 2.31 bits per heavy atom. The van der Waals surface area contributed by atoms with Crippen LogP contribution in [-0.2, 0) is 12.6 Å². The summed E-state index contributed by atoms with van der Waals surface area (Å²) >= 11 is 0. The summed E-state index contributed by atoms with van der Waals surface area (Å²) in [4.78, 5) is 16.3. The van der Waals surface area contributed by atoms with Crippen molar-refractivity contribution >= 4 is 11.6 Å². The number of aryl methyl sites for hydroxylation is 1. The highest BCUT2D eigenvalue weighted by atomic mass is 19.4. The molecule has 3 rings (SSSR count). The number of amides is 1. The van der Waals surface area contributed by atoms with Crippen LogP contribution in [-0.4, -0.2) is 10.9 Å². The molecule has 1 amide bonds. The van der Waals surface area contributed by atoms with Gasteiger partial charge in [-0.1, -0.05) is 19.1 Å². The molecule has 1 N–H and O–H groups in total. The van der Waals surface area contributed by atoms with E-state index in [1.807, 2.05) is 19.1 Å². The fraction of sp³-hybridized carbons (Fsp3) is 0.158. The maximum Gasteiger partial charge on any atom is 0.416 e. The molecule has 4 nitrogen and oxygen atoms in total. The zero-order chi connectivity index (χ0) is 18.7. The second-order valence-corrected chi connectivity index (χ2v) is 5.62. The van der Waals surface area contributed by atoms with Crippen molar-refractivity contribution in [2.45, 2.75) is 19.5 Å². The summed E-state index contributed by atoms with van der Waals surface area (Å²) in [5, 5.41) is 2.69. The van der Waals surface area contributed by atoms with Gasteiger partial charge in [-0.15, -0.1) is 0 Å². The van der Waals surface area contributed by atoms with Gasteiger partial charge in [-0.05, 0) is 48.4 Å². The monoisotopic (exact) mass is 360 g/mol. The number of rotatable bonds is 4. The van der Waals surface area contributed by atoms with Crippen LogP contribution in [0.2, 0.25) is 0 Å². The molecule has 0 saturated heterocycles. The topological polar surface area (TPSA) is 55.1 Å². The van der Waals surface area contributed by atoms with Gasteiger partial charge in [0.1, 0.15) is 6.26 Å². The number of hydrogen-bond acceptors (Lipinski definition) is 3. The SMILES string of the molecule is CCc1ccc(NC(=O)c2coc(-c3ccc(C(F)(F)F)cc3)n2)cc1. The number of aromatic nitrogens is 1. The Kier molecular flexibility index (Phi) is 4.79. The zero-order valence-corrected chi connectivity index (χ0v) is 13.8. The van der Waals surface area contributed by atoms with E-state index in [0.29, 0.717) is 11.3 Å². The molecule has 0 atom stereocenters. The molecule has 0 bridgehead atoms. The van der Waals surface area contributed by atoms with Crippen LogP contribution >= 0.6 is 0 Å². The van der Waals surface area contributed by atoms with E-state index in [9.17, 15) is 18.0 Å². The van der Waals surface area contributed by atoms with Crippen LogP contribution in [0.5, 0.6) is 0 Å². The first-order valence-corrected chi connectivity index (χ1v) is 7.90. The van der Waals surface area contributed by atoms with Crippen LogP contribution < -0.4 is 5.32 Å². The third kappa shape index (κ3) is 3.93. The maximum absolute atomic E-state index is 12.6. The molecular weight excluding hydrogens is 345 g/mol. The first kappa shape index (κ1) is 17.7. The number of anilines is 1. The van der Waals surface area contributed by atoms with Gasteiger partial charge in [-0.2, -0.15) is 13.2 Å². The largest absolute Gasteiger partial charge is 0.444 e. The standard InChI is InChI=1S/C19H15F3N2O2/c1-2-12-3-9-15(10-4-12)23-17(25)16-11-26-18(24-16)13-5-7-14(8-6-13)19(20,21)22/h3-11H,2H2,1H3,(H,23,25). The van der Waals surface area contributed by atoms with E-state index in [0.717, 1.165) is 24.1 Å². The third-order valence-corrected chi connectivity index (χ3v) is 3.82. The zero-order valence-electron chi connectivity index (χ0n) is 13.8. The summed E-state index contributed by atoms with van der Waals surface area (Å²) in [5.41, 5.74) is 1.39. The lowest BCUT2D eigenvalue weighted by Crippen LogP contribution is -2.12. The molecular formula is C19H15F3N2O2. The summed E-state index contributed by atoms with van der Waals surface area (Å²) in [6.07, 6.45) is -2.34. The minimum atomic E-state index is -4.41. The number of hydrogen-bond donors (Lipinski definition) is 1. The number of halogens is 3. The Labute approximate surface area is 147 Å². The Hall–Kier alpha value is -3.09. The molecule has 0 unspecified atom stereocenters. The maximum atomic E-state index is 12.6. The summed E-state index contributed by atoms with van der Waals surface area (Å²) in [7, 11) is 0. The fourth-order valence-corrected chi connectivity index (χ4v) is 2.33. The van der Waals surface area contributed by atoms with Crippen LogP contribution in [0.4, 0.5) is 18.9 Å². The number of alkyl halides is 3. The second-order valence-electron chi connectivity index (χ2n) is 5.62. The van der Waals surface area contributed by atoms with Gasteiger partial charge < -0.3 is 9.73 Å². The molecule has 0 aliphatic rings. The van der Waals surface area contributed by atoms with E-state index < -0.39 is 17.6 Å². The van der Waals surface area contributed by atoms with Gasteiger partial charge in [0.2, 0.25) is 5.89 Å². The van der Waals surface area contributed by atoms with Gasteiger partial charge in [0.15, 0.2) is 5.69 Å². The third-order valence-electron chi connectivity index (χ3n) is 3.82. The Morgan fingerprint density at radius 1 is 1.08 bits per heavy atom. The van der Waals surface area contributed by atoms with E-state index in [1.165, 1.54) is 18.4 Å². The van der Waals surface area contributed by atoms with E-state index in [-0.39, 0.29) is 11.6 Å². The molecule has 26 heavy (non-hydrogen) atoms. The first-order valence-electron chi connectivity index (χ1n) is 7.90. The highest BCUT2D eigenvalue weighted by Crippen LogP contribution is 2.30. The van der Waals surface area contributed by atoms with Crippen LogP contribution in [0.1, 0.15) is 28.5 Å². The summed E-state index contributed by atoms with van der Waals surface area (Å²) in [5.74, 6) is -0.388. The van der Waals surface area contributed by atoms with Gasteiger partial charge in [0.25, 0.3) is 5.91 Å². The molecule has 0 aliphatic heterocycles. The molecule has 134 valence electrons. The van der Waals surface area contributed by atoms with Crippen LogP contribution in [0, 0.1) is 0 Å². The second kappa shape index (κ2) is 7.03. The smallest absolute Gasteiger partial charge is 0.416 e. The van der Waals surface area contributed by atoms with Crippen molar-refractivity contribution < 1.29 is 22.4 Å². The van der Waals surface area contributed by atoms with E-state index in [1.54, 1.807) is 12.1 Å². The number of nitrogens with zero attached hydrogens (tertiary/aromatic N) is 1. The molecule has 0 aliphatic carbocycles. The lowest BCUT2D eigenvalue weighted by atomic mass is 10.1. The summed E-state index contributed by atoms with van der Waals surface area (Å²) in [6.45, 7) is 2.03. The molecule has 1 heterocycles. The fourth-order valence-electron chi connectivity index (χ4n) is 2.33. The molecule has 0 spiro atoms. The molecule has 1 aromatic heterocycles. The summed E-state index contributed by atoms with van der Waals surface area (Å²) in [6, 6.07) is 11.8. The van der Waals surface area contributed by atoms with Crippen LogP contribution in [0.3, 0.4) is 0 Å². The minimum absolute atomic E-state index is 0.0412. The number of nitrogens with one attached hydrogen (secondary N) is 1. The first-order chi connectivity index (χ1) is 12.4. The lowest BCUT2D eigenvalue weighted by molar-refractivity contribution is -0.137. The summed E-state index contributed by atoms with van der Waals surface area (Å²) < 4.78 is 43.0. The van der Waals surface area contributed by atoms with Gasteiger partial charge in [-0.3, -0.25) is 4.79 Å². The van der Waals surface area contributed by atoms with Crippen molar-refractivity contribution in [2.75, 3.05) is 5.32 Å². The van der Waals surface area contributed by atoms with Crippen molar-refractivity contribution in [1.29, 1.82) is 0 Å². The van der Waals surface area contributed by atoms with Gasteiger partial charge in [-0.25, -0.2) is 4.98 Å². The molecule has 3 aromatic rings. The molecule has 0 saturated carbocycles. The van der Waals surface area contributed by atoms with Crippen molar-refractivity contribution in [3.63, 3.8) is 0 Å². The van der Waals surface area contributed by atoms with Crippen LogP contribution in [0.25, 0.3) is 11.5 Å². The Morgan fingerprint density at radius 2 is 1.73 bits per heavy atom. The lowest BCUT2D eigenvalue weighted by Gasteiger charge is -2.06. The van der Waals surface area contributed by atoms with Gasteiger partial charge in [0, 0.05) is 11.3 Å². The quantitative estimate of drug-likeness (QED) is 0.698. The highest BCUT2D eigenvalue weighted by Gasteiger charge is 2.30. The molecule has 0 radical (unpaired) electrons. The Bertz CT molecular complexity index is 898. The number of carbonyl (C=O) groups excluding carboxylic acids is 1. The van der Waals surface area contributed by atoms with E-state index in [4.69, 9.17) is 4.42 Å². The Balaban J connectivity index is 1.73. The van der Waals surface area contributed by atoms with Crippen LogP contribution in [0.15, 0.2) is 59.2 Å². The van der Waals surface area contributed by atoms with Crippen molar-refractivity contribution in [2.24, 2.45) is 0 Å². The predicted molar refractivity (Wildman–Crippen MR) is 90.7 cm³/mol. The minimum Gasteiger partial charge on any atom is -0.444 e. The molecule has 2 aromatic carbocycles. The molecule has 7 heteroatoms. The normalized spacial score (nSPS) is 11.4. The van der Waals surface area contributed by atoms with Crippen molar-refractivity contribution in [3.05, 3.63) is 71.6 Å². The molecule has 0 fully saturated rings. The van der Waals surface area contributed by atoms with E-state index in [2.05, 4.69) is 10.3 Å². The predicted octanol–water partition coefficient (Wildman–Crippen LogP) is 5.18. The number of carbonyl (C=O) groups is 1. The average Bonchev–Trinajstić information content (AvgIpc) is 3.12. The van der Waals surface area contributed by atoms with Crippen molar-refractivity contribution in [3.8, 4) is 11.5 Å².